The van der Waals surface area contributed by atoms with Crippen molar-refractivity contribution in [3.05, 3.63) is 11.6 Å². The number of allylic oxidation sites excluding steroid dienone is 1. The maximum Gasteiger partial charge on any atom is 0.335 e. The minimum atomic E-state index is -0.770. The molecule has 24 heavy (non-hydrogen) atoms. The summed E-state index contributed by atoms with van der Waals surface area (Å²) in [4.78, 5) is 40.5. The van der Waals surface area contributed by atoms with E-state index in [9.17, 15) is 14.4 Å². The van der Waals surface area contributed by atoms with Gasteiger partial charge in [-0.25, -0.2) is 9.69 Å². The predicted octanol–water partition coefficient (Wildman–Crippen LogP) is 1.86. The van der Waals surface area contributed by atoms with E-state index in [1.165, 1.54) is 12.0 Å². The molecule has 1 heterocycles. The van der Waals surface area contributed by atoms with E-state index in [1.54, 1.807) is 4.90 Å². The van der Waals surface area contributed by atoms with Crippen LogP contribution in [-0.2, 0) is 9.59 Å². The minimum Gasteiger partial charge on any atom is -0.285 e. The average molecular weight is 332 g/mol. The van der Waals surface area contributed by atoms with Gasteiger partial charge in [-0.1, -0.05) is 18.6 Å². The molecule has 1 saturated heterocycles. The molecule has 0 unspecified atom stereocenters. The maximum atomic E-state index is 12.4. The van der Waals surface area contributed by atoms with Gasteiger partial charge in [0.25, 0.3) is 0 Å². The van der Waals surface area contributed by atoms with Gasteiger partial charge in [-0.15, -0.1) is 0 Å². The topological polar surface area (TPSA) is 84.7 Å². The summed E-state index contributed by atoms with van der Waals surface area (Å²) >= 11 is 0. The Kier molecular flexibility index (Phi) is 6.50. The lowest BCUT2D eigenvalue weighted by Crippen LogP contribution is -2.42. The molecule has 0 atom stereocenters. The van der Waals surface area contributed by atoms with Crippen LogP contribution in [-0.4, -0.2) is 58.8 Å². The maximum absolute atomic E-state index is 12.4. The van der Waals surface area contributed by atoms with Crippen molar-refractivity contribution in [2.45, 2.75) is 45.4 Å². The smallest absolute Gasteiger partial charge is 0.285 e. The third-order valence-corrected chi connectivity index (χ3v) is 4.51. The SMILES string of the molecule is CCN(CCC#N)CN1C(=O)C(=O)N(CCC2=CCCCC2)C1=O. The van der Waals surface area contributed by atoms with Gasteiger partial charge in [-0.2, -0.15) is 5.26 Å². The van der Waals surface area contributed by atoms with Gasteiger partial charge in [-0.05, 0) is 38.6 Å². The fourth-order valence-electron chi connectivity index (χ4n) is 3.00. The molecule has 0 bridgehead atoms. The van der Waals surface area contributed by atoms with Crippen LogP contribution in [0, 0.1) is 11.3 Å². The van der Waals surface area contributed by atoms with Gasteiger partial charge in [0.2, 0.25) is 0 Å². The van der Waals surface area contributed by atoms with Crippen molar-refractivity contribution in [1.29, 1.82) is 5.26 Å². The highest BCUT2D eigenvalue weighted by atomic mass is 16.2. The van der Waals surface area contributed by atoms with Crippen LogP contribution in [0.4, 0.5) is 4.79 Å². The quantitative estimate of drug-likeness (QED) is 0.385. The molecule has 0 saturated carbocycles. The van der Waals surface area contributed by atoms with Gasteiger partial charge in [0.15, 0.2) is 0 Å². The number of hydrogen-bond acceptors (Lipinski definition) is 5. The zero-order valence-electron chi connectivity index (χ0n) is 14.2. The molecule has 7 nitrogen and oxygen atoms in total. The first-order chi connectivity index (χ1) is 11.6. The number of nitrogens with zero attached hydrogens (tertiary/aromatic N) is 4. The summed E-state index contributed by atoms with van der Waals surface area (Å²) in [7, 11) is 0. The number of urea groups is 1. The second-order valence-electron chi connectivity index (χ2n) is 6.09. The number of carbonyl (C=O) groups is 3. The van der Waals surface area contributed by atoms with E-state index in [4.69, 9.17) is 5.26 Å². The Morgan fingerprint density at radius 1 is 1.21 bits per heavy atom. The van der Waals surface area contributed by atoms with Gasteiger partial charge in [-0.3, -0.25) is 19.4 Å². The lowest BCUT2D eigenvalue weighted by molar-refractivity contribution is -0.143. The van der Waals surface area contributed by atoms with Crippen molar-refractivity contribution in [1.82, 2.24) is 14.7 Å². The lowest BCUT2D eigenvalue weighted by Gasteiger charge is -2.24. The molecular formula is C17H24N4O3. The highest BCUT2D eigenvalue weighted by Crippen LogP contribution is 2.22. The highest BCUT2D eigenvalue weighted by Gasteiger charge is 2.44. The average Bonchev–Trinajstić information content (AvgIpc) is 2.80. The van der Waals surface area contributed by atoms with Crippen molar-refractivity contribution < 1.29 is 14.4 Å². The van der Waals surface area contributed by atoms with Crippen LogP contribution in [0.3, 0.4) is 0 Å². The Hall–Kier alpha value is -2.20. The Bertz CT molecular complexity index is 579. The summed E-state index contributed by atoms with van der Waals surface area (Å²) in [5.74, 6) is -1.51. The largest absolute Gasteiger partial charge is 0.335 e. The predicted molar refractivity (Wildman–Crippen MR) is 87.5 cm³/mol. The second-order valence-corrected chi connectivity index (χ2v) is 6.09. The van der Waals surface area contributed by atoms with Crippen LogP contribution in [0.1, 0.15) is 45.4 Å². The van der Waals surface area contributed by atoms with Crippen molar-refractivity contribution in [3.63, 3.8) is 0 Å². The first-order valence-corrected chi connectivity index (χ1v) is 8.53. The minimum absolute atomic E-state index is 0.0563. The second kappa shape index (κ2) is 8.60. The first-order valence-electron chi connectivity index (χ1n) is 8.53. The van der Waals surface area contributed by atoms with E-state index in [1.807, 2.05) is 13.0 Å². The molecule has 2 aliphatic rings. The van der Waals surface area contributed by atoms with Crippen LogP contribution in [0.25, 0.3) is 0 Å². The third kappa shape index (κ3) is 4.20. The molecule has 1 aliphatic carbocycles. The summed E-state index contributed by atoms with van der Waals surface area (Å²) in [6, 6.07) is 1.50. The number of amides is 4. The van der Waals surface area contributed by atoms with Crippen LogP contribution in [0.5, 0.6) is 0 Å². The third-order valence-electron chi connectivity index (χ3n) is 4.51. The molecule has 0 aromatic heterocycles. The molecule has 0 aromatic rings. The zero-order chi connectivity index (χ0) is 17.5. The molecule has 1 aliphatic heterocycles. The van der Waals surface area contributed by atoms with Crippen molar-refractivity contribution >= 4 is 17.8 Å². The molecule has 2 rings (SSSR count). The Balaban J connectivity index is 1.96. The van der Waals surface area contributed by atoms with Crippen LogP contribution in [0.15, 0.2) is 11.6 Å². The van der Waals surface area contributed by atoms with E-state index in [0.717, 1.165) is 29.1 Å². The molecule has 4 amide bonds. The number of rotatable bonds is 8. The molecule has 1 fully saturated rings. The lowest BCUT2D eigenvalue weighted by atomic mass is 9.97. The van der Waals surface area contributed by atoms with Gasteiger partial charge in [0.05, 0.1) is 12.7 Å². The molecule has 0 N–H and O–H groups in total. The summed E-state index contributed by atoms with van der Waals surface area (Å²) in [5.41, 5.74) is 1.26. The van der Waals surface area contributed by atoms with E-state index in [0.29, 0.717) is 25.9 Å². The first kappa shape index (κ1) is 18.1. The molecule has 0 radical (unpaired) electrons. The van der Waals surface area contributed by atoms with Crippen molar-refractivity contribution in [2.75, 3.05) is 26.3 Å². The Morgan fingerprint density at radius 3 is 2.58 bits per heavy atom. The summed E-state index contributed by atoms with van der Waals surface area (Å²) < 4.78 is 0. The molecule has 0 aromatic carbocycles. The van der Waals surface area contributed by atoms with Crippen LogP contribution in [0.2, 0.25) is 0 Å². The van der Waals surface area contributed by atoms with E-state index < -0.39 is 17.8 Å². The van der Waals surface area contributed by atoms with Gasteiger partial charge in [0, 0.05) is 19.5 Å². The Labute approximate surface area is 142 Å². The standard InChI is InChI=1S/C17H24N4O3/c1-2-19(11-6-10-18)13-21-16(23)15(22)20(17(21)24)12-9-14-7-4-3-5-8-14/h7H,2-6,8-9,11-13H2,1H3. The number of nitriles is 1. The number of carbonyl (C=O) groups excluding carboxylic acids is 3. The van der Waals surface area contributed by atoms with E-state index in [-0.39, 0.29) is 13.2 Å². The molecule has 130 valence electrons. The zero-order valence-corrected chi connectivity index (χ0v) is 14.2. The normalized spacial score (nSPS) is 18.4. The Morgan fingerprint density at radius 2 is 1.96 bits per heavy atom. The molecule has 7 heteroatoms. The molecule has 0 spiro atoms. The van der Waals surface area contributed by atoms with E-state index in [2.05, 4.69) is 6.08 Å². The summed E-state index contributed by atoms with van der Waals surface area (Å²) in [6.07, 6.45) is 7.52. The number of imide groups is 2. The summed E-state index contributed by atoms with van der Waals surface area (Å²) in [6.45, 7) is 3.26. The van der Waals surface area contributed by atoms with Crippen LogP contribution < -0.4 is 0 Å². The molecular weight excluding hydrogens is 308 g/mol. The van der Waals surface area contributed by atoms with Gasteiger partial charge < -0.3 is 0 Å². The van der Waals surface area contributed by atoms with Gasteiger partial charge in [0.1, 0.15) is 0 Å². The van der Waals surface area contributed by atoms with Crippen LogP contribution >= 0.6 is 0 Å². The fourth-order valence-corrected chi connectivity index (χ4v) is 3.00. The highest BCUT2D eigenvalue weighted by molar-refractivity contribution is 6.44. The summed E-state index contributed by atoms with van der Waals surface area (Å²) in [5, 5.41) is 8.66. The van der Waals surface area contributed by atoms with Crippen molar-refractivity contribution in [2.24, 2.45) is 0 Å². The monoisotopic (exact) mass is 332 g/mol. The van der Waals surface area contributed by atoms with E-state index >= 15 is 0 Å². The van der Waals surface area contributed by atoms with Crippen molar-refractivity contribution in [3.8, 4) is 6.07 Å². The fraction of sp³-hybridized carbons (Fsp3) is 0.647. The number of hydrogen-bond donors (Lipinski definition) is 0. The van der Waals surface area contributed by atoms with Gasteiger partial charge >= 0.3 is 17.8 Å².